The molecule has 0 N–H and O–H groups in total. The highest BCUT2D eigenvalue weighted by molar-refractivity contribution is 6.17. The molecule has 0 amide bonds. The molecule has 0 bridgehead atoms. The lowest BCUT2D eigenvalue weighted by Crippen LogP contribution is -2.38. The molecule has 1 aliphatic rings. The first-order valence-corrected chi connectivity index (χ1v) is 10.2. The third kappa shape index (κ3) is 3.57. The van der Waals surface area contributed by atoms with E-state index in [0.717, 1.165) is 72.2 Å². The molecule has 4 aromatic rings. The summed E-state index contributed by atoms with van der Waals surface area (Å²) in [6.45, 7) is 5.52. The summed E-state index contributed by atoms with van der Waals surface area (Å²) in [5.41, 5.74) is 2.62. The fraction of sp³-hybridized carbons (Fsp3) is 0.240. The number of nitrogens with zero attached hydrogens (tertiary/aromatic N) is 2. The lowest BCUT2D eigenvalue weighted by molar-refractivity contribution is 0.0365. The van der Waals surface area contributed by atoms with Crippen LogP contribution in [0.3, 0.4) is 0 Å². The number of hydrogen-bond donors (Lipinski definition) is 0. The van der Waals surface area contributed by atoms with Crippen molar-refractivity contribution in [1.82, 2.24) is 9.47 Å². The van der Waals surface area contributed by atoms with Gasteiger partial charge < -0.3 is 9.30 Å². The van der Waals surface area contributed by atoms with Crippen LogP contribution in [0.2, 0.25) is 0 Å². The van der Waals surface area contributed by atoms with E-state index in [9.17, 15) is 4.79 Å². The van der Waals surface area contributed by atoms with Crippen molar-refractivity contribution in [2.45, 2.75) is 6.54 Å². The molecule has 0 spiro atoms. The topological polar surface area (TPSA) is 34.5 Å². The molecule has 5 rings (SSSR count). The highest BCUT2D eigenvalue weighted by Crippen LogP contribution is 2.25. The number of fused-ring (bicyclic) bond motifs is 2. The van der Waals surface area contributed by atoms with Gasteiger partial charge in [-0.2, -0.15) is 0 Å². The van der Waals surface area contributed by atoms with E-state index >= 15 is 0 Å². The molecular weight excluding hydrogens is 360 g/mol. The Balaban J connectivity index is 1.43. The molecule has 0 aliphatic carbocycles. The summed E-state index contributed by atoms with van der Waals surface area (Å²) in [4.78, 5) is 15.7. The van der Waals surface area contributed by atoms with Crippen LogP contribution in [0.4, 0.5) is 0 Å². The summed E-state index contributed by atoms with van der Waals surface area (Å²) >= 11 is 0. The number of hydrogen-bond acceptors (Lipinski definition) is 3. The maximum atomic E-state index is 13.3. The number of carbonyl (C=O) groups is 1. The van der Waals surface area contributed by atoms with Crippen molar-refractivity contribution >= 4 is 27.5 Å². The molecule has 4 heteroatoms. The maximum Gasteiger partial charge on any atom is 0.193 e. The summed E-state index contributed by atoms with van der Waals surface area (Å²) in [7, 11) is 0. The van der Waals surface area contributed by atoms with Crippen LogP contribution in [0.5, 0.6) is 0 Å². The second-order valence-corrected chi connectivity index (χ2v) is 7.59. The zero-order chi connectivity index (χ0) is 19.6. The standard InChI is InChI=1S/C25H24N2O2/c28-25(21-9-8-19-4-1-2-5-20(19)18-21)23-6-3-7-24-22(23)10-11-27(24)13-12-26-14-16-29-17-15-26/h1-11,18H,12-17H2. The Morgan fingerprint density at radius 1 is 0.862 bits per heavy atom. The minimum Gasteiger partial charge on any atom is -0.379 e. The van der Waals surface area contributed by atoms with Gasteiger partial charge in [0, 0.05) is 54.4 Å². The average molecular weight is 384 g/mol. The molecule has 0 saturated carbocycles. The number of aromatic nitrogens is 1. The van der Waals surface area contributed by atoms with Gasteiger partial charge in [-0.3, -0.25) is 9.69 Å². The van der Waals surface area contributed by atoms with Crippen LogP contribution < -0.4 is 0 Å². The monoisotopic (exact) mass is 384 g/mol. The molecule has 146 valence electrons. The first-order chi connectivity index (χ1) is 14.3. The fourth-order valence-electron chi connectivity index (χ4n) is 4.18. The van der Waals surface area contributed by atoms with Gasteiger partial charge in [-0.05, 0) is 29.0 Å². The van der Waals surface area contributed by atoms with Crippen molar-refractivity contribution in [3.05, 3.63) is 84.1 Å². The van der Waals surface area contributed by atoms with Crippen LogP contribution in [0.1, 0.15) is 15.9 Å². The quantitative estimate of drug-likeness (QED) is 0.480. The Kier molecular flexibility index (Phi) is 4.88. The van der Waals surface area contributed by atoms with Crippen molar-refractivity contribution in [1.29, 1.82) is 0 Å². The van der Waals surface area contributed by atoms with Crippen LogP contribution in [0, 0.1) is 0 Å². The molecule has 1 fully saturated rings. The maximum absolute atomic E-state index is 13.3. The fourth-order valence-corrected chi connectivity index (χ4v) is 4.18. The van der Waals surface area contributed by atoms with Crippen molar-refractivity contribution in [2.24, 2.45) is 0 Å². The van der Waals surface area contributed by atoms with Crippen LogP contribution in [0.15, 0.2) is 72.9 Å². The normalized spacial score (nSPS) is 15.2. The van der Waals surface area contributed by atoms with Gasteiger partial charge >= 0.3 is 0 Å². The molecule has 29 heavy (non-hydrogen) atoms. The van der Waals surface area contributed by atoms with Crippen LogP contribution in [-0.2, 0) is 11.3 Å². The lowest BCUT2D eigenvalue weighted by atomic mass is 9.98. The van der Waals surface area contributed by atoms with Crippen molar-refractivity contribution < 1.29 is 9.53 Å². The van der Waals surface area contributed by atoms with Crippen molar-refractivity contribution in [3.63, 3.8) is 0 Å². The molecule has 1 aliphatic heterocycles. The number of ether oxygens (including phenoxy) is 1. The number of benzene rings is 3. The predicted octanol–water partition coefficient (Wildman–Crippen LogP) is 4.36. The molecule has 0 radical (unpaired) electrons. The van der Waals surface area contributed by atoms with Gasteiger partial charge in [0.1, 0.15) is 0 Å². The van der Waals surface area contributed by atoms with E-state index in [4.69, 9.17) is 4.74 Å². The molecule has 1 aromatic heterocycles. The van der Waals surface area contributed by atoms with E-state index in [2.05, 4.69) is 39.9 Å². The van der Waals surface area contributed by atoms with E-state index in [1.54, 1.807) is 0 Å². The lowest BCUT2D eigenvalue weighted by Gasteiger charge is -2.26. The van der Waals surface area contributed by atoms with Gasteiger partial charge in [0.2, 0.25) is 0 Å². The predicted molar refractivity (Wildman–Crippen MR) is 117 cm³/mol. The highest BCUT2D eigenvalue weighted by Gasteiger charge is 2.16. The minimum absolute atomic E-state index is 0.0762. The number of carbonyl (C=O) groups excluding carboxylic acids is 1. The summed E-state index contributed by atoms with van der Waals surface area (Å²) in [5, 5.41) is 3.26. The zero-order valence-electron chi connectivity index (χ0n) is 16.4. The van der Waals surface area contributed by atoms with Crippen LogP contribution in [-0.4, -0.2) is 48.1 Å². The Morgan fingerprint density at radius 2 is 1.69 bits per heavy atom. The molecule has 0 unspecified atom stereocenters. The van der Waals surface area contributed by atoms with Gasteiger partial charge in [0.15, 0.2) is 5.78 Å². The molecule has 1 saturated heterocycles. The van der Waals surface area contributed by atoms with Crippen molar-refractivity contribution in [3.8, 4) is 0 Å². The summed E-state index contributed by atoms with van der Waals surface area (Å²) in [6.07, 6.45) is 2.10. The van der Waals surface area contributed by atoms with Gasteiger partial charge in [-0.1, -0.05) is 48.5 Å². The van der Waals surface area contributed by atoms with Gasteiger partial charge in [0.05, 0.1) is 13.2 Å². The van der Waals surface area contributed by atoms with Crippen molar-refractivity contribution in [2.75, 3.05) is 32.8 Å². The minimum atomic E-state index is 0.0762. The summed E-state index contributed by atoms with van der Waals surface area (Å²) in [5.74, 6) is 0.0762. The highest BCUT2D eigenvalue weighted by atomic mass is 16.5. The van der Waals surface area contributed by atoms with E-state index in [-0.39, 0.29) is 5.78 Å². The van der Waals surface area contributed by atoms with E-state index in [1.807, 2.05) is 42.5 Å². The number of ketones is 1. The Labute approximate surface area is 170 Å². The second-order valence-electron chi connectivity index (χ2n) is 7.59. The first-order valence-electron chi connectivity index (χ1n) is 10.2. The third-order valence-electron chi connectivity index (χ3n) is 5.83. The molecule has 0 atom stereocenters. The molecule has 3 aromatic carbocycles. The van der Waals surface area contributed by atoms with Crippen LogP contribution >= 0.6 is 0 Å². The number of morpholine rings is 1. The van der Waals surface area contributed by atoms with Crippen LogP contribution in [0.25, 0.3) is 21.7 Å². The molecular formula is C25H24N2O2. The van der Waals surface area contributed by atoms with Gasteiger partial charge in [-0.25, -0.2) is 0 Å². The number of rotatable bonds is 5. The largest absolute Gasteiger partial charge is 0.379 e. The van der Waals surface area contributed by atoms with E-state index in [1.165, 1.54) is 0 Å². The molecule has 2 heterocycles. The van der Waals surface area contributed by atoms with E-state index in [0.29, 0.717) is 0 Å². The summed E-state index contributed by atoms with van der Waals surface area (Å²) < 4.78 is 7.68. The SMILES string of the molecule is O=C(c1ccc2ccccc2c1)c1cccc2c1ccn2CCN1CCOCC1. The zero-order valence-corrected chi connectivity index (χ0v) is 16.4. The Hall–Kier alpha value is -2.95. The van der Waals surface area contributed by atoms with Gasteiger partial charge in [-0.15, -0.1) is 0 Å². The van der Waals surface area contributed by atoms with Gasteiger partial charge in [0.25, 0.3) is 0 Å². The third-order valence-corrected chi connectivity index (χ3v) is 5.83. The molecule has 4 nitrogen and oxygen atoms in total. The Bertz CT molecular complexity index is 1170. The summed E-state index contributed by atoms with van der Waals surface area (Å²) in [6, 6.07) is 22.2. The smallest absolute Gasteiger partial charge is 0.193 e. The average Bonchev–Trinajstić information content (AvgIpc) is 3.21. The Morgan fingerprint density at radius 3 is 2.55 bits per heavy atom. The van der Waals surface area contributed by atoms with E-state index < -0.39 is 0 Å². The second kappa shape index (κ2) is 7.82. The first kappa shape index (κ1) is 18.1.